The van der Waals surface area contributed by atoms with Gasteiger partial charge in [0, 0.05) is 12.6 Å². The normalized spacial score (nSPS) is 33.9. The third-order valence-electron chi connectivity index (χ3n) is 7.11. The van der Waals surface area contributed by atoms with Gasteiger partial charge in [-0.25, -0.2) is 0 Å². The van der Waals surface area contributed by atoms with Crippen LogP contribution in [0.5, 0.6) is 0 Å². The van der Waals surface area contributed by atoms with Crippen LogP contribution in [0.1, 0.15) is 63.0 Å². The van der Waals surface area contributed by atoms with Gasteiger partial charge in [-0.2, -0.15) is 0 Å². The van der Waals surface area contributed by atoms with Crippen molar-refractivity contribution in [3.63, 3.8) is 0 Å². The number of hydrogen-bond acceptors (Lipinski definition) is 1. The van der Waals surface area contributed by atoms with Crippen molar-refractivity contribution in [2.75, 3.05) is 0 Å². The molecule has 0 radical (unpaired) electrons. The number of aryl methyl sites for hydroxylation is 1. The van der Waals surface area contributed by atoms with E-state index in [-0.39, 0.29) is 0 Å². The van der Waals surface area contributed by atoms with Gasteiger partial charge in [0.05, 0.1) is 0 Å². The lowest BCUT2D eigenvalue weighted by Crippen LogP contribution is -2.57. The van der Waals surface area contributed by atoms with Gasteiger partial charge in [-0.05, 0) is 92.8 Å². The van der Waals surface area contributed by atoms with E-state index < -0.39 is 0 Å². The molecule has 136 valence electrons. The molecule has 0 amide bonds. The zero-order valence-electron chi connectivity index (χ0n) is 15.7. The maximum Gasteiger partial charge on any atom is 0.166 e. The standard InChI is InChI=1S/C22H32N2S/c1-3-20(22-11-17-8-18(12-22)10-19(9-17)13-22)24-21(25)23-14-16-6-4-15(2)5-7-16/h4-7,17-20H,3,8-14H2,1-2H3,(H2,23,24,25). The second-order valence-electron chi connectivity index (χ2n) is 9.05. The van der Waals surface area contributed by atoms with Gasteiger partial charge >= 0.3 is 0 Å². The van der Waals surface area contributed by atoms with E-state index in [0.717, 1.165) is 29.4 Å². The van der Waals surface area contributed by atoms with Crippen molar-refractivity contribution < 1.29 is 0 Å². The van der Waals surface area contributed by atoms with Crippen LogP contribution >= 0.6 is 12.2 Å². The molecule has 4 fully saturated rings. The van der Waals surface area contributed by atoms with E-state index >= 15 is 0 Å². The first-order valence-electron chi connectivity index (χ1n) is 10.2. The summed E-state index contributed by atoms with van der Waals surface area (Å²) >= 11 is 5.65. The lowest BCUT2D eigenvalue weighted by molar-refractivity contribution is -0.0711. The summed E-state index contributed by atoms with van der Waals surface area (Å²) < 4.78 is 0. The van der Waals surface area contributed by atoms with Crippen molar-refractivity contribution in [3.05, 3.63) is 35.4 Å². The second-order valence-corrected chi connectivity index (χ2v) is 9.46. The molecule has 25 heavy (non-hydrogen) atoms. The SMILES string of the molecule is CCC(NC(=S)NCc1ccc(C)cc1)C12CC3CC(CC(C3)C1)C2. The Kier molecular flexibility index (Phi) is 4.79. The van der Waals surface area contributed by atoms with Crippen molar-refractivity contribution in [2.45, 2.75) is 71.4 Å². The highest BCUT2D eigenvalue weighted by Gasteiger charge is 2.53. The van der Waals surface area contributed by atoms with E-state index in [0.29, 0.717) is 11.5 Å². The predicted octanol–water partition coefficient (Wildman–Crippen LogP) is 4.95. The van der Waals surface area contributed by atoms with Crippen LogP contribution in [0.4, 0.5) is 0 Å². The van der Waals surface area contributed by atoms with Crippen molar-refractivity contribution >= 4 is 17.3 Å². The van der Waals surface area contributed by atoms with Gasteiger partial charge in [-0.15, -0.1) is 0 Å². The summed E-state index contributed by atoms with van der Waals surface area (Å²) in [7, 11) is 0. The van der Waals surface area contributed by atoms with Crippen LogP contribution in [0.3, 0.4) is 0 Å². The molecule has 2 nitrogen and oxygen atoms in total. The monoisotopic (exact) mass is 356 g/mol. The lowest BCUT2D eigenvalue weighted by atomic mass is 9.47. The van der Waals surface area contributed by atoms with Crippen molar-refractivity contribution in [2.24, 2.45) is 23.2 Å². The van der Waals surface area contributed by atoms with E-state index in [1.165, 1.54) is 56.1 Å². The summed E-state index contributed by atoms with van der Waals surface area (Å²) in [6.45, 7) is 5.27. The molecule has 2 N–H and O–H groups in total. The molecule has 4 aliphatic rings. The highest BCUT2D eigenvalue weighted by atomic mass is 32.1. The van der Waals surface area contributed by atoms with E-state index in [4.69, 9.17) is 12.2 Å². The van der Waals surface area contributed by atoms with Crippen LogP contribution in [0.2, 0.25) is 0 Å². The number of thiocarbonyl (C=S) groups is 1. The van der Waals surface area contributed by atoms with E-state index in [2.05, 4.69) is 48.7 Å². The van der Waals surface area contributed by atoms with Crippen LogP contribution in [0, 0.1) is 30.1 Å². The molecule has 4 saturated carbocycles. The van der Waals surface area contributed by atoms with Crippen LogP contribution in [-0.2, 0) is 6.54 Å². The molecule has 0 saturated heterocycles. The minimum absolute atomic E-state index is 0.513. The molecular weight excluding hydrogens is 324 g/mol. The third kappa shape index (κ3) is 3.58. The quantitative estimate of drug-likeness (QED) is 0.730. The molecule has 0 heterocycles. The fourth-order valence-corrected chi connectivity index (χ4v) is 6.60. The van der Waals surface area contributed by atoms with Crippen LogP contribution in [-0.4, -0.2) is 11.2 Å². The number of rotatable bonds is 5. The maximum atomic E-state index is 5.65. The predicted molar refractivity (Wildman–Crippen MR) is 108 cm³/mol. The number of benzene rings is 1. The van der Waals surface area contributed by atoms with Crippen molar-refractivity contribution in [1.82, 2.24) is 10.6 Å². The lowest BCUT2D eigenvalue weighted by Gasteiger charge is -2.59. The molecule has 0 spiro atoms. The molecule has 1 aromatic carbocycles. The average Bonchev–Trinajstić information content (AvgIpc) is 2.58. The van der Waals surface area contributed by atoms with Crippen LogP contribution in [0.25, 0.3) is 0 Å². The summed E-state index contributed by atoms with van der Waals surface area (Å²) in [6, 6.07) is 9.23. The zero-order chi connectivity index (χ0) is 17.4. The molecule has 0 aromatic heterocycles. The van der Waals surface area contributed by atoms with Gasteiger partial charge in [-0.3, -0.25) is 0 Å². The Morgan fingerprint density at radius 3 is 2.16 bits per heavy atom. The Hall–Kier alpha value is -1.09. The molecule has 3 heteroatoms. The molecule has 4 aliphatic carbocycles. The fraction of sp³-hybridized carbons (Fsp3) is 0.682. The van der Waals surface area contributed by atoms with Gasteiger partial charge < -0.3 is 10.6 Å². The third-order valence-corrected chi connectivity index (χ3v) is 7.37. The molecule has 1 aromatic rings. The Morgan fingerprint density at radius 2 is 1.64 bits per heavy atom. The van der Waals surface area contributed by atoms with Crippen molar-refractivity contribution in [3.8, 4) is 0 Å². The Labute approximate surface area is 158 Å². The van der Waals surface area contributed by atoms with E-state index in [9.17, 15) is 0 Å². The first-order valence-corrected chi connectivity index (χ1v) is 10.6. The van der Waals surface area contributed by atoms with Gasteiger partial charge in [0.1, 0.15) is 0 Å². The van der Waals surface area contributed by atoms with E-state index in [1.807, 2.05) is 0 Å². The summed E-state index contributed by atoms with van der Waals surface area (Å²) in [5.74, 6) is 2.99. The minimum atomic E-state index is 0.513. The molecule has 1 unspecified atom stereocenters. The summed E-state index contributed by atoms with van der Waals surface area (Å²) in [5.41, 5.74) is 3.11. The zero-order valence-corrected chi connectivity index (χ0v) is 16.5. The summed E-state index contributed by atoms with van der Waals surface area (Å²) in [6.07, 6.45) is 10.0. The van der Waals surface area contributed by atoms with Gasteiger partial charge in [-0.1, -0.05) is 36.8 Å². The molecular formula is C22H32N2S. The van der Waals surface area contributed by atoms with Gasteiger partial charge in [0.15, 0.2) is 5.11 Å². The Bertz CT molecular complexity index is 586. The first-order chi connectivity index (χ1) is 12.1. The maximum absolute atomic E-state index is 5.65. The van der Waals surface area contributed by atoms with Crippen molar-refractivity contribution in [1.29, 1.82) is 0 Å². The molecule has 4 bridgehead atoms. The first kappa shape index (κ1) is 17.3. The highest BCUT2D eigenvalue weighted by molar-refractivity contribution is 7.80. The van der Waals surface area contributed by atoms with Gasteiger partial charge in [0.25, 0.3) is 0 Å². The fourth-order valence-electron chi connectivity index (χ4n) is 6.39. The topological polar surface area (TPSA) is 24.1 Å². The van der Waals surface area contributed by atoms with Crippen LogP contribution < -0.4 is 10.6 Å². The number of nitrogens with one attached hydrogen (secondary N) is 2. The Balaban J connectivity index is 1.37. The van der Waals surface area contributed by atoms with E-state index in [1.54, 1.807) is 0 Å². The summed E-state index contributed by atoms with van der Waals surface area (Å²) in [5, 5.41) is 8.00. The summed E-state index contributed by atoms with van der Waals surface area (Å²) in [4.78, 5) is 0. The largest absolute Gasteiger partial charge is 0.359 e. The Morgan fingerprint density at radius 1 is 1.08 bits per heavy atom. The molecule has 5 rings (SSSR count). The van der Waals surface area contributed by atoms with Gasteiger partial charge in [0.2, 0.25) is 0 Å². The van der Waals surface area contributed by atoms with Crippen LogP contribution in [0.15, 0.2) is 24.3 Å². The molecule has 1 atom stereocenters. The second kappa shape index (κ2) is 6.90. The highest BCUT2D eigenvalue weighted by Crippen LogP contribution is 2.61. The average molecular weight is 357 g/mol. The number of hydrogen-bond donors (Lipinski definition) is 2. The molecule has 0 aliphatic heterocycles. The smallest absolute Gasteiger partial charge is 0.166 e. The minimum Gasteiger partial charge on any atom is -0.359 e.